The van der Waals surface area contributed by atoms with E-state index in [-0.39, 0.29) is 0 Å². The molecule has 22 heavy (non-hydrogen) atoms. The maximum Gasteiger partial charge on any atom is 0.134 e. The molecule has 0 radical (unpaired) electrons. The van der Waals surface area contributed by atoms with Gasteiger partial charge in [-0.2, -0.15) is 0 Å². The first kappa shape index (κ1) is 13.7. The van der Waals surface area contributed by atoms with E-state index in [9.17, 15) is 0 Å². The maximum absolute atomic E-state index is 4.48. The lowest BCUT2D eigenvalue weighted by atomic mass is 10.0. The highest BCUT2D eigenvalue weighted by Crippen LogP contribution is 2.34. The first-order chi connectivity index (χ1) is 10.8. The molecule has 2 fully saturated rings. The summed E-state index contributed by atoms with van der Waals surface area (Å²) in [6.45, 7) is 7.87. The Bertz CT molecular complexity index is 629. The molecule has 0 aliphatic carbocycles. The third-order valence-corrected chi connectivity index (χ3v) is 4.98. The van der Waals surface area contributed by atoms with Gasteiger partial charge in [0.05, 0.1) is 0 Å². The Kier molecular flexibility index (Phi) is 3.54. The first-order valence-corrected chi connectivity index (χ1v) is 8.07. The van der Waals surface area contributed by atoms with Crippen molar-refractivity contribution in [1.29, 1.82) is 0 Å². The number of aryl methyl sites for hydroxylation is 1. The van der Waals surface area contributed by atoms with Crippen LogP contribution in [0.3, 0.4) is 0 Å². The van der Waals surface area contributed by atoms with Crippen LogP contribution in [0, 0.1) is 18.8 Å². The predicted octanol–water partition coefficient (Wildman–Crippen LogP) is 2.35. The Morgan fingerprint density at radius 1 is 1.05 bits per heavy atom. The highest BCUT2D eigenvalue weighted by atomic mass is 15.3. The first-order valence-electron chi connectivity index (χ1n) is 8.07. The monoisotopic (exact) mass is 294 g/mol. The molecule has 3 heterocycles. The van der Waals surface area contributed by atoms with Crippen LogP contribution < -0.4 is 4.90 Å². The number of rotatable bonds is 3. The zero-order valence-electron chi connectivity index (χ0n) is 13.0. The van der Waals surface area contributed by atoms with Gasteiger partial charge in [-0.25, -0.2) is 9.97 Å². The van der Waals surface area contributed by atoms with E-state index in [1.807, 2.05) is 6.20 Å². The van der Waals surface area contributed by atoms with E-state index < -0.39 is 0 Å². The van der Waals surface area contributed by atoms with E-state index in [2.05, 4.69) is 57.0 Å². The van der Waals surface area contributed by atoms with Crippen LogP contribution in [0.5, 0.6) is 0 Å². The summed E-state index contributed by atoms with van der Waals surface area (Å²) in [4.78, 5) is 13.6. The molecule has 0 bridgehead atoms. The lowest BCUT2D eigenvalue weighted by molar-refractivity contribution is 0.309. The second kappa shape index (κ2) is 5.69. The summed E-state index contributed by atoms with van der Waals surface area (Å²) in [5.74, 6) is 2.68. The van der Waals surface area contributed by atoms with Gasteiger partial charge in [0, 0.05) is 44.5 Å². The third-order valence-electron chi connectivity index (χ3n) is 4.98. The normalized spacial score (nSPS) is 24.7. The molecule has 0 saturated carbocycles. The van der Waals surface area contributed by atoms with Crippen molar-refractivity contribution in [1.82, 2.24) is 14.9 Å². The molecule has 0 spiro atoms. The molecule has 2 aliphatic heterocycles. The smallest absolute Gasteiger partial charge is 0.134 e. The summed E-state index contributed by atoms with van der Waals surface area (Å²) >= 11 is 0. The second-order valence-electron chi connectivity index (χ2n) is 6.63. The van der Waals surface area contributed by atoms with Crippen molar-refractivity contribution in [2.24, 2.45) is 11.8 Å². The van der Waals surface area contributed by atoms with Crippen molar-refractivity contribution in [3.63, 3.8) is 0 Å². The van der Waals surface area contributed by atoms with E-state index in [4.69, 9.17) is 0 Å². The van der Waals surface area contributed by atoms with Crippen molar-refractivity contribution in [2.75, 3.05) is 31.1 Å². The van der Waals surface area contributed by atoms with E-state index in [1.165, 1.54) is 24.2 Å². The van der Waals surface area contributed by atoms with E-state index in [0.717, 1.165) is 37.3 Å². The SMILES string of the molecule is Cc1cncnc1N1CC2CN(Cc3ccccc3)CC2C1. The topological polar surface area (TPSA) is 32.3 Å². The Balaban J connectivity index is 1.40. The van der Waals surface area contributed by atoms with Crippen molar-refractivity contribution in [3.8, 4) is 0 Å². The molecule has 0 amide bonds. The van der Waals surface area contributed by atoms with Gasteiger partial charge in [-0.15, -0.1) is 0 Å². The van der Waals surface area contributed by atoms with Gasteiger partial charge in [0.25, 0.3) is 0 Å². The van der Waals surface area contributed by atoms with Crippen LogP contribution in [-0.2, 0) is 6.54 Å². The van der Waals surface area contributed by atoms with Gasteiger partial charge in [0.15, 0.2) is 0 Å². The van der Waals surface area contributed by atoms with Gasteiger partial charge in [-0.1, -0.05) is 30.3 Å². The van der Waals surface area contributed by atoms with Crippen molar-refractivity contribution in [2.45, 2.75) is 13.5 Å². The number of hydrogen-bond acceptors (Lipinski definition) is 4. The van der Waals surface area contributed by atoms with Crippen LogP contribution in [0.15, 0.2) is 42.9 Å². The number of aromatic nitrogens is 2. The largest absolute Gasteiger partial charge is 0.356 e. The van der Waals surface area contributed by atoms with Gasteiger partial charge >= 0.3 is 0 Å². The fourth-order valence-corrected chi connectivity index (χ4v) is 3.96. The summed E-state index contributed by atoms with van der Waals surface area (Å²) in [6, 6.07) is 10.8. The lowest BCUT2D eigenvalue weighted by Crippen LogP contribution is -2.29. The molecule has 0 N–H and O–H groups in total. The number of likely N-dealkylation sites (tertiary alicyclic amines) is 1. The van der Waals surface area contributed by atoms with Crippen LogP contribution in [0.1, 0.15) is 11.1 Å². The standard InChI is InChI=1S/C18H22N4/c1-14-7-19-13-20-18(14)22-11-16-9-21(10-17(16)12-22)8-15-5-3-2-4-6-15/h2-7,13,16-17H,8-12H2,1H3. The number of hydrogen-bond donors (Lipinski definition) is 0. The number of nitrogens with zero attached hydrogens (tertiary/aromatic N) is 4. The predicted molar refractivity (Wildman–Crippen MR) is 87.7 cm³/mol. The number of fused-ring (bicyclic) bond motifs is 1. The molecule has 2 aromatic rings. The summed E-state index contributed by atoms with van der Waals surface area (Å²) < 4.78 is 0. The van der Waals surface area contributed by atoms with Crippen LogP contribution in [0.4, 0.5) is 5.82 Å². The van der Waals surface area contributed by atoms with Gasteiger partial charge in [-0.05, 0) is 24.3 Å². The molecule has 4 rings (SSSR count). The summed E-state index contributed by atoms with van der Waals surface area (Å²) in [5, 5.41) is 0. The molecule has 4 heteroatoms. The van der Waals surface area contributed by atoms with Crippen LogP contribution in [0.2, 0.25) is 0 Å². The molecule has 1 aromatic carbocycles. The summed E-state index contributed by atoms with van der Waals surface area (Å²) in [6.07, 6.45) is 3.58. The molecular formula is C18H22N4. The fraction of sp³-hybridized carbons (Fsp3) is 0.444. The average molecular weight is 294 g/mol. The Morgan fingerprint density at radius 2 is 1.77 bits per heavy atom. The zero-order valence-corrected chi connectivity index (χ0v) is 13.0. The van der Waals surface area contributed by atoms with Crippen molar-refractivity contribution in [3.05, 3.63) is 54.0 Å². The number of anilines is 1. The number of benzene rings is 1. The minimum absolute atomic E-state index is 0.776. The molecule has 1 aromatic heterocycles. The zero-order chi connectivity index (χ0) is 14.9. The molecule has 2 unspecified atom stereocenters. The lowest BCUT2D eigenvalue weighted by Gasteiger charge is -2.23. The van der Waals surface area contributed by atoms with Gasteiger partial charge in [0.2, 0.25) is 0 Å². The highest BCUT2D eigenvalue weighted by molar-refractivity contribution is 5.46. The molecular weight excluding hydrogens is 272 g/mol. The highest BCUT2D eigenvalue weighted by Gasteiger charge is 2.40. The van der Waals surface area contributed by atoms with Crippen molar-refractivity contribution >= 4 is 5.82 Å². The molecule has 2 saturated heterocycles. The van der Waals surface area contributed by atoms with Crippen LogP contribution in [-0.4, -0.2) is 41.0 Å². The maximum atomic E-state index is 4.48. The molecule has 114 valence electrons. The minimum atomic E-state index is 0.776. The quantitative estimate of drug-likeness (QED) is 0.870. The van der Waals surface area contributed by atoms with E-state index >= 15 is 0 Å². The Hall–Kier alpha value is -1.94. The van der Waals surface area contributed by atoms with Crippen LogP contribution >= 0.6 is 0 Å². The van der Waals surface area contributed by atoms with Gasteiger partial charge < -0.3 is 4.90 Å². The van der Waals surface area contributed by atoms with Gasteiger partial charge in [0.1, 0.15) is 12.1 Å². The Labute approximate surface area is 131 Å². The summed E-state index contributed by atoms with van der Waals surface area (Å²) in [7, 11) is 0. The second-order valence-corrected chi connectivity index (χ2v) is 6.63. The summed E-state index contributed by atoms with van der Waals surface area (Å²) in [5.41, 5.74) is 2.61. The van der Waals surface area contributed by atoms with E-state index in [0.29, 0.717) is 0 Å². The molecule has 4 nitrogen and oxygen atoms in total. The molecule has 2 aliphatic rings. The minimum Gasteiger partial charge on any atom is -0.356 e. The van der Waals surface area contributed by atoms with Crippen LogP contribution in [0.25, 0.3) is 0 Å². The third kappa shape index (κ3) is 2.59. The average Bonchev–Trinajstić information content (AvgIpc) is 3.07. The Morgan fingerprint density at radius 3 is 2.45 bits per heavy atom. The van der Waals surface area contributed by atoms with Gasteiger partial charge in [-0.3, -0.25) is 4.90 Å². The van der Waals surface area contributed by atoms with Crippen molar-refractivity contribution < 1.29 is 0 Å². The fourth-order valence-electron chi connectivity index (χ4n) is 3.96. The van der Waals surface area contributed by atoms with E-state index in [1.54, 1.807) is 6.33 Å². The molecule has 2 atom stereocenters.